The van der Waals surface area contributed by atoms with Crippen molar-refractivity contribution >= 4 is 23.0 Å². The number of nitro groups is 1. The van der Waals surface area contributed by atoms with Gasteiger partial charge in [-0.3, -0.25) is 10.1 Å². The first kappa shape index (κ1) is 13.5. The lowest BCUT2D eigenvalue weighted by atomic mass is 10.3. The predicted molar refractivity (Wildman–Crippen MR) is 72.8 cm³/mol. The van der Waals surface area contributed by atoms with Crippen LogP contribution in [0.5, 0.6) is 5.75 Å². The van der Waals surface area contributed by atoms with Gasteiger partial charge in [0.05, 0.1) is 12.0 Å². The number of hydrogen-bond donors (Lipinski definition) is 3. The van der Waals surface area contributed by atoms with E-state index >= 15 is 0 Å². The van der Waals surface area contributed by atoms with E-state index in [-0.39, 0.29) is 17.3 Å². The van der Waals surface area contributed by atoms with Crippen molar-refractivity contribution in [3.8, 4) is 5.75 Å². The third-order valence-corrected chi connectivity index (χ3v) is 2.47. The number of nitrogens with zero attached hydrogens (tertiary/aromatic N) is 3. The zero-order valence-electron chi connectivity index (χ0n) is 10.5. The molecule has 4 N–H and O–H groups in total. The minimum absolute atomic E-state index is 0.0335. The second kappa shape index (κ2) is 5.80. The van der Waals surface area contributed by atoms with Crippen LogP contribution in [0.2, 0.25) is 0 Å². The van der Waals surface area contributed by atoms with Crippen LogP contribution in [0.3, 0.4) is 0 Å². The molecule has 0 aliphatic rings. The number of benzene rings is 1. The van der Waals surface area contributed by atoms with Crippen molar-refractivity contribution in [1.29, 1.82) is 0 Å². The van der Waals surface area contributed by atoms with Gasteiger partial charge >= 0.3 is 5.69 Å². The number of anilines is 3. The van der Waals surface area contributed by atoms with Crippen molar-refractivity contribution in [3.05, 3.63) is 40.7 Å². The second-order valence-electron chi connectivity index (χ2n) is 3.68. The molecule has 9 heteroatoms. The van der Waals surface area contributed by atoms with Gasteiger partial charge in [0.15, 0.2) is 0 Å². The lowest BCUT2D eigenvalue weighted by molar-refractivity contribution is -0.383. The van der Waals surface area contributed by atoms with Gasteiger partial charge < -0.3 is 15.5 Å². The standard InChI is InChI=1S/C11H12N6O3/c1-20-8-4-2-3-7(5-8)15-10-9(17(18)19)11(16-12)14-6-13-10/h2-6H,12H2,1H3,(H2,13,14,15,16). The summed E-state index contributed by atoms with van der Waals surface area (Å²) >= 11 is 0. The van der Waals surface area contributed by atoms with Crippen molar-refractivity contribution in [3.63, 3.8) is 0 Å². The van der Waals surface area contributed by atoms with E-state index in [1.165, 1.54) is 13.4 Å². The Labute approximate surface area is 113 Å². The topological polar surface area (TPSA) is 128 Å². The molecule has 1 heterocycles. The molecule has 9 nitrogen and oxygen atoms in total. The Morgan fingerprint density at radius 1 is 1.35 bits per heavy atom. The Morgan fingerprint density at radius 3 is 2.75 bits per heavy atom. The first-order valence-corrected chi connectivity index (χ1v) is 5.52. The molecular formula is C11H12N6O3. The van der Waals surface area contributed by atoms with Crippen LogP contribution in [0.4, 0.5) is 23.0 Å². The van der Waals surface area contributed by atoms with Crippen LogP contribution in [0, 0.1) is 10.1 Å². The predicted octanol–water partition coefficient (Wildman–Crippen LogP) is 1.42. The number of ether oxygens (including phenoxy) is 1. The van der Waals surface area contributed by atoms with Crippen LogP contribution >= 0.6 is 0 Å². The van der Waals surface area contributed by atoms with Crippen molar-refractivity contribution in [2.45, 2.75) is 0 Å². The van der Waals surface area contributed by atoms with Gasteiger partial charge in [-0.2, -0.15) is 0 Å². The van der Waals surface area contributed by atoms with Gasteiger partial charge in [0.1, 0.15) is 12.1 Å². The lowest BCUT2D eigenvalue weighted by Crippen LogP contribution is -2.12. The molecule has 0 bridgehead atoms. The fourth-order valence-electron chi connectivity index (χ4n) is 1.59. The molecule has 0 spiro atoms. The number of aromatic nitrogens is 2. The Balaban J connectivity index is 2.40. The van der Waals surface area contributed by atoms with E-state index in [4.69, 9.17) is 10.6 Å². The molecule has 1 aromatic carbocycles. The SMILES string of the molecule is COc1cccc(Nc2ncnc(NN)c2[N+](=O)[O-])c1. The number of rotatable bonds is 5. The van der Waals surface area contributed by atoms with E-state index in [0.29, 0.717) is 11.4 Å². The number of methoxy groups -OCH3 is 1. The zero-order valence-corrected chi connectivity index (χ0v) is 10.5. The minimum atomic E-state index is -0.613. The third kappa shape index (κ3) is 2.72. The maximum atomic E-state index is 11.1. The van der Waals surface area contributed by atoms with Gasteiger partial charge in [-0.25, -0.2) is 15.8 Å². The smallest absolute Gasteiger partial charge is 0.354 e. The summed E-state index contributed by atoms with van der Waals surface area (Å²) in [6.07, 6.45) is 1.17. The number of hydrogen-bond acceptors (Lipinski definition) is 8. The van der Waals surface area contributed by atoms with E-state index in [0.717, 1.165) is 0 Å². The van der Waals surface area contributed by atoms with Crippen molar-refractivity contribution in [2.24, 2.45) is 5.84 Å². The Bertz CT molecular complexity index is 633. The van der Waals surface area contributed by atoms with Gasteiger partial charge in [0.2, 0.25) is 11.6 Å². The maximum Gasteiger partial charge on any atom is 0.354 e. The first-order valence-electron chi connectivity index (χ1n) is 5.52. The third-order valence-electron chi connectivity index (χ3n) is 2.47. The Hall–Kier alpha value is -2.94. The molecule has 0 atom stereocenters. The quantitative estimate of drug-likeness (QED) is 0.425. The van der Waals surface area contributed by atoms with Crippen molar-refractivity contribution in [1.82, 2.24) is 9.97 Å². The molecular weight excluding hydrogens is 264 g/mol. The van der Waals surface area contributed by atoms with E-state index in [9.17, 15) is 10.1 Å². The molecule has 0 saturated heterocycles. The molecule has 0 unspecified atom stereocenters. The van der Waals surface area contributed by atoms with Gasteiger partial charge in [0, 0.05) is 11.8 Å². The van der Waals surface area contributed by atoms with Crippen LogP contribution in [0.1, 0.15) is 0 Å². The molecule has 0 radical (unpaired) electrons. The minimum Gasteiger partial charge on any atom is -0.497 e. The average Bonchev–Trinajstić information content (AvgIpc) is 2.46. The van der Waals surface area contributed by atoms with Crippen LogP contribution in [0.25, 0.3) is 0 Å². The molecule has 1 aromatic heterocycles. The van der Waals surface area contributed by atoms with Crippen LogP contribution in [-0.4, -0.2) is 22.0 Å². The zero-order chi connectivity index (χ0) is 14.5. The summed E-state index contributed by atoms with van der Waals surface area (Å²) in [6, 6.07) is 6.91. The Kier molecular flexibility index (Phi) is 3.91. The summed E-state index contributed by atoms with van der Waals surface area (Å²) in [4.78, 5) is 18.0. The highest BCUT2D eigenvalue weighted by Gasteiger charge is 2.22. The van der Waals surface area contributed by atoms with Gasteiger partial charge in [-0.15, -0.1) is 0 Å². The highest BCUT2D eigenvalue weighted by molar-refractivity contribution is 5.73. The number of nitrogen functional groups attached to an aromatic ring is 1. The van der Waals surface area contributed by atoms with E-state index in [2.05, 4.69) is 20.7 Å². The molecule has 0 aliphatic carbocycles. The average molecular weight is 276 g/mol. The highest BCUT2D eigenvalue weighted by Crippen LogP contribution is 2.31. The fraction of sp³-hybridized carbons (Fsp3) is 0.0909. The lowest BCUT2D eigenvalue weighted by Gasteiger charge is -2.09. The largest absolute Gasteiger partial charge is 0.497 e. The summed E-state index contributed by atoms with van der Waals surface area (Å²) in [5.41, 5.74) is 2.42. The van der Waals surface area contributed by atoms with E-state index in [1.807, 2.05) is 0 Å². The first-order chi connectivity index (χ1) is 9.65. The molecule has 0 saturated carbocycles. The highest BCUT2D eigenvalue weighted by atomic mass is 16.6. The number of nitrogens with one attached hydrogen (secondary N) is 2. The van der Waals surface area contributed by atoms with Gasteiger partial charge in [-0.1, -0.05) is 6.07 Å². The molecule has 0 fully saturated rings. The molecule has 0 amide bonds. The summed E-state index contributed by atoms with van der Waals surface area (Å²) in [5, 5.41) is 13.9. The number of hydrazine groups is 1. The summed E-state index contributed by atoms with van der Waals surface area (Å²) in [7, 11) is 1.53. The normalized spacial score (nSPS) is 9.90. The monoisotopic (exact) mass is 276 g/mol. The van der Waals surface area contributed by atoms with E-state index < -0.39 is 4.92 Å². The van der Waals surface area contributed by atoms with E-state index in [1.54, 1.807) is 24.3 Å². The van der Waals surface area contributed by atoms with Crippen LogP contribution < -0.4 is 21.3 Å². The van der Waals surface area contributed by atoms with Crippen LogP contribution in [0.15, 0.2) is 30.6 Å². The van der Waals surface area contributed by atoms with Crippen molar-refractivity contribution < 1.29 is 9.66 Å². The second-order valence-corrected chi connectivity index (χ2v) is 3.68. The molecule has 0 aliphatic heterocycles. The number of nitrogens with two attached hydrogens (primary N) is 1. The molecule has 20 heavy (non-hydrogen) atoms. The van der Waals surface area contributed by atoms with Crippen LogP contribution in [-0.2, 0) is 0 Å². The summed E-state index contributed by atoms with van der Waals surface area (Å²) in [5.74, 6) is 5.78. The fourth-order valence-corrected chi connectivity index (χ4v) is 1.59. The molecule has 104 valence electrons. The van der Waals surface area contributed by atoms with Gasteiger partial charge in [-0.05, 0) is 12.1 Å². The summed E-state index contributed by atoms with van der Waals surface area (Å²) < 4.78 is 5.08. The van der Waals surface area contributed by atoms with Crippen molar-refractivity contribution in [2.75, 3.05) is 17.9 Å². The molecule has 2 rings (SSSR count). The molecule has 2 aromatic rings. The Morgan fingerprint density at radius 2 is 2.10 bits per heavy atom. The maximum absolute atomic E-state index is 11.1. The van der Waals surface area contributed by atoms with Gasteiger partial charge in [0.25, 0.3) is 0 Å². The summed E-state index contributed by atoms with van der Waals surface area (Å²) in [6.45, 7) is 0.